The van der Waals surface area contributed by atoms with Gasteiger partial charge in [-0.3, -0.25) is 4.79 Å². The maximum Gasteiger partial charge on any atom is 0.235 e. The van der Waals surface area contributed by atoms with Crippen LogP contribution in [0.15, 0.2) is 29.4 Å². The number of rotatable bonds is 6. The van der Waals surface area contributed by atoms with Crippen LogP contribution in [0.4, 0.5) is 0 Å². The highest BCUT2D eigenvalue weighted by atomic mass is 35.5. The second kappa shape index (κ2) is 9.08. The third kappa shape index (κ3) is 4.65. The average Bonchev–Trinajstić information content (AvgIpc) is 3.10. The van der Waals surface area contributed by atoms with E-state index in [4.69, 9.17) is 11.6 Å². The number of thioether (sulfide) groups is 1. The summed E-state index contributed by atoms with van der Waals surface area (Å²) in [5.41, 5.74) is 0.968. The van der Waals surface area contributed by atoms with Gasteiger partial charge in [0.05, 0.1) is 5.25 Å². The second-order valence-electron chi connectivity index (χ2n) is 6.58. The fraction of sp³-hybridized carbons (Fsp3) is 0.526. The SMILES string of the molecule is CCN1CCN(C(=O)[C@H](C)Sc2nnc(-c3ccc(Cl)cc3)n2CC)CC1. The molecule has 27 heavy (non-hydrogen) atoms. The summed E-state index contributed by atoms with van der Waals surface area (Å²) in [4.78, 5) is 17.2. The smallest absolute Gasteiger partial charge is 0.235 e. The molecular weight excluding hydrogens is 382 g/mol. The Labute approximate surface area is 169 Å². The molecule has 0 bridgehead atoms. The Hall–Kier alpha value is -1.57. The van der Waals surface area contributed by atoms with Gasteiger partial charge in [-0.05, 0) is 44.7 Å². The minimum Gasteiger partial charge on any atom is -0.339 e. The van der Waals surface area contributed by atoms with Crippen molar-refractivity contribution in [1.29, 1.82) is 0 Å². The van der Waals surface area contributed by atoms with Crippen LogP contribution in [0.2, 0.25) is 5.02 Å². The molecule has 1 atom stereocenters. The molecule has 1 aliphatic rings. The van der Waals surface area contributed by atoms with Gasteiger partial charge in [-0.15, -0.1) is 10.2 Å². The average molecular weight is 408 g/mol. The zero-order chi connectivity index (χ0) is 19.4. The van der Waals surface area contributed by atoms with Crippen LogP contribution in [0.5, 0.6) is 0 Å². The van der Waals surface area contributed by atoms with Crippen LogP contribution in [0.3, 0.4) is 0 Å². The van der Waals surface area contributed by atoms with Crippen molar-refractivity contribution >= 4 is 29.3 Å². The van der Waals surface area contributed by atoms with E-state index >= 15 is 0 Å². The summed E-state index contributed by atoms with van der Waals surface area (Å²) in [6.45, 7) is 11.5. The van der Waals surface area contributed by atoms with E-state index in [0.29, 0.717) is 5.02 Å². The van der Waals surface area contributed by atoms with E-state index in [2.05, 4.69) is 28.9 Å². The van der Waals surface area contributed by atoms with Crippen molar-refractivity contribution in [1.82, 2.24) is 24.6 Å². The Bertz CT molecular complexity index is 771. The first-order chi connectivity index (χ1) is 13.0. The molecule has 3 rings (SSSR count). The maximum atomic E-state index is 12.8. The summed E-state index contributed by atoms with van der Waals surface area (Å²) in [6, 6.07) is 7.57. The topological polar surface area (TPSA) is 54.3 Å². The third-order valence-electron chi connectivity index (χ3n) is 4.90. The van der Waals surface area contributed by atoms with Crippen LogP contribution in [0.25, 0.3) is 11.4 Å². The van der Waals surface area contributed by atoms with Crippen molar-refractivity contribution in [2.45, 2.75) is 37.7 Å². The molecule has 0 unspecified atom stereocenters. The lowest BCUT2D eigenvalue weighted by atomic mass is 10.2. The Morgan fingerprint density at radius 2 is 1.78 bits per heavy atom. The van der Waals surface area contributed by atoms with E-state index in [1.54, 1.807) is 0 Å². The van der Waals surface area contributed by atoms with Crippen molar-refractivity contribution in [3.05, 3.63) is 29.3 Å². The van der Waals surface area contributed by atoms with Crippen LogP contribution in [0.1, 0.15) is 20.8 Å². The zero-order valence-electron chi connectivity index (χ0n) is 16.1. The Balaban J connectivity index is 1.70. The second-order valence-corrected chi connectivity index (χ2v) is 8.32. The molecule has 8 heteroatoms. The van der Waals surface area contributed by atoms with Gasteiger partial charge in [0.1, 0.15) is 0 Å². The lowest BCUT2D eigenvalue weighted by Crippen LogP contribution is -2.50. The Kier molecular flexibility index (Phi) is 6.78. The van der Waals surface area contributed by atoms with Gasteiger partial charge >= 0.3 is 0 Å². The van der Waals surface area contributed by atoms with E-state index in [0.717, 1.165) is 55.8 Å². The number of benzene rings is 1. The number of carbonyl (C=O) groups is 1. The van der Waals surface area contributed by atoms with Crippen LogP contribution >= 0.6 is 23.4 Å². The normalized spacial score (nSPS) is 16.5. The summed E-state index contributed by atoms with van der Waals surface area (Å²) >= 11 is 7.46. The summed E-state index contributed by atoms with van der Waals surface area (Å²) in [7, 11) is 0. The van der Waals surface area contributed by atoms with Crippen molar-refractivity contribution in [2.24, 2.45) is 0 Å². The van der Waals surface area contributed by atoms with Gasteiger partial charge < -0.3 is 14.4 Å². The number of likely N-dealkylation sites (N-methyl/N-ethyl adjacent to an activating group) is 1. The van der Waals surface area contributed by atoms with Crippen LogP contribution in [0, 0.1) is 0 Å². The van der Waals surface area contributed by atoms with Crippen molar-refractivity contribution in [2.75, 3.05) is 32.7 Å². The molecule has 1 aliphatic heterocycles. The number of halogens is 1. The van der Waals surface area contributed by atoms with Gasteiger partial charge in [-0.25, -0.2) is 0 Å². The van der Waals surface area contributed by atoms with Crippen LogP contribution < -0.4 is 0 Å². The molecule has 0 saturated carbocycles. The van der Waals surface area contributed by atoms with Gasteiger partial charge in [0, 0.05) is 43.3 Å². The maximum absolute atomic E-state index is 12.8. The molecule has 1 aromatic heterocycles. The van der Waals surface area contributed by atoms with E-state index in [-0.39, 0.29) is 11.2 Å². The van der Waals surface area contributed by atoms with E-state index in [9.17, 15) is 4.79 Å². The summed E-state index contributed by atoms with van der Waals surface area (Å²) in [5.74, 6) is 0.974. The third-order valence-corrected chi connectivity index (χ3v) is 6.22. The van der Waals surface area contributed by atoms with Crippen molar-refractivity contribution in [3.63, 3.8) is 0 Å². The molecule has 1 fully saturated rings. The quantitative estimate of drug-likeness (QED) is 0.688. The number of carbonyl (C=O) groups excluding carboxylic acids is 1. The summed E-state index contributed by atoms with van der Waals surface area (Å²) < 4.78 is 2.05. The van der Waals surface area contributed by atoms with Gasteiger partial charge in [0.15, 0.2) is 11.0 Å². The molecule has 0 radical (unpaired) electrons. The number of amides is 1. The first-order valence-corrected chi connectivity index (χ1v) is 10.7. The van der Waals surface area contributed by atoms with Crippen LogP contribution in [-0.4, -0.2) is 68.4 Å². The molecule has 2 heterocycles. The Morgan fingerprint density at radius 1 is 1.11 bits per heavy atom. The minimum absolute atomic E-state index is 0.175. The van der Waals surface area contributed by atoms with Gasteiger partial charge in [-0.1, -0.05) is 30.3 Å². The fourth-order valence-electron chi connectivity index (χ4n) is 3.22. The highest BCUT2D eigenvalue weighted by Crippen LogP contribution is 2.28. The lowest BCUT2D eigenvalue weighted by Gasteiger charge is -2.35. The number of nitrogens with zero attached hydrogens (tertiary/aromatic N) is 5. The summed E-state index contributed by atoms with van der Waals surface area (Å²) in [5, 5.41) is 9.97. The predicted octanol–water partition coefficient (Wildman–Crippen LogP) is 3.26. The molecule has 1 saturated heterocycles. The number of hydrogen-bond donors (Lipinski definition) is 0. The molecule has 1 aromatic carbocycles. The molecule has 0 spiro atoms. The number of piperazine rings is 1. The molecule has 1 amide bonds. The molecule has 0 aliphatic carbocycles. The highest BCUT2D eigenvalue weighted by molar-refractivity contribution is 8.00. The van der Waals surface area contributed by atoms with E-state index < -0.39 is 0 Å². The molecule has 6 nitrogen and oxygen atoms in total. The standard InChI is InChI=1S/C19H26ClN5OS/c1-4-23-10-12-24(13-11-23)18(26)14(3)27-19-22-21-17(25(19)5-2)15-6-8-16(20)9-7-15/h6-9,14H,4-5,10-13H2,1-3H3/t14-/m0/s1. The van der Waals surface area contributed by atoms with Gasteiger partial charge in [-0.2, -0.15) is 0 Å². The van der Waals surface area contributed by atoms with E-state index in [1.165, 1.54) is 11.8 Å². The van der Waals surface area contributed by atoms with E-state index in [1.807, 2.05) is 40.7 Å². The van der Waals surface area contributed by atoms with Gasteiger partial charge in [0.25, 0.3) is 0 Å². The molecule has 146 valence electrons. The van der Waals surface area contributed by atoms with Crippen LogP contribution in [-0.2, 0) is 11.3 Å². The molecule has 0 N–H and O–H groups in total. The predicted molar refractivity (Wildman–Crippen MR) is 110 cm³/mol. The monoisotopic (exact) mass is 407 g/mol. The number of hydrogen-bond acceptors (Lipinski definition) is 5. The Morgan fingerprint density at radius 3 is 2.37 bits per heavy atom. The zero-order valence-corrected chi connectivity index (χ0v) is 17.6. The fourth-order valence-corrected chi connectivity index (χ4v) is 4.35. The molecular formula is C19H26ClN5OS. The lowest BCUT2D eigenvalue weighted by molar-refractivity contribution is -0.132. The van der Waals surface area contributed by atoms with Crippen molar-refractivity contribution < 1.29 is 4.79 Å². The van der Waals surface area contributed by atoms with Crippen molar-refractivity contribution in [3.8, 4) is 11.4 Å². The number of aromatic nitrogens is 3. The largest absolute Gasteiger partial charge is 0.339 e. The first kappa shape index (κ1) is 20.2. The summed E-state index contributed by atoms with van der Waals surface area (Å²) in [6.07, 6.45) is 0. The minimum atomic E-state index is -0.189. The molecule has 2 aromatic rings. The first-order valence-electron chi connectivity index (χ1n) is 9.40. The van der Waals surface area contributed by atoms with Gasteiger partial charge in [0.2, 0.25) is 5.91 Å². The highest BCUT2D eigenvalue weighted by Gasteiger charge is 2.26.